The lowest BCUT2D eigenvalue weighted by Crippen LogP contribution is -2.38. The molecule has 1 aliphatic heterocycles. The second kappa shape index (κ2) is 8.73. The maximum absolute atomic E-state index is 13.8. The van der Waals surface area contributed by atoms with Gasteiger partial charge in [-0.15, -0.1) is 0 Å². The number of rotatable bonds is 3. The fourth-order valence-corrected chi connectivity index (χ4v) is 6.30. The summed E-state index contributed by atoms with van der Waals surface area (Å²) in [6.07, 6.45) is 3.52. The molecule has 0 saturated carbocycles. The number of nitrogens with zero attached hydrogens (tertiary/aromatic N) is 2. The molecule has 174 valence electrons. The first-order chi connectivity index (χ1) is 17.0. The summed E-state index contributed by atoms with van der Waals surface area (Å²) < 4.78 is 22.5. The zero-order valence-electron chi connectivity index (χ0n) is 18.8. The largest absolute Gasteiger partial charge is 0.496 e. The molecule has 2 heterocycles. The van der Waals surface area contributed by atoms with Gasteiger partial charge in [0.05, 0.1) is 23.4 Å². The lowest BCUT2D eigenvalue weighted by atomic mass is 9.83. The highest BCUT2D eigenvalue weighted by molar-refractivity contribution is 9.10. The van der Waals surface area contributed by atoms with Crippen LogP contribution >= 0.6 is 27.3 Å². The van der Waals surface area contributed by atoms with Gasteiger partial charge in [0.2, 0.25) is 0 Å². The number of hydrogen-bond acceptors (Lipinski definition) is 4. The predicted molar refractivity (Wildman–Crippen MR) is 140 cm³/mol. The molecular formula is C28H20BrFN2O2S. The quantitative estimate of drug-likeness (QED) is 0.353. The average Bonchev–Trinajstić information content (AvgIpc) is 3.18. The van der Waals surface area contributed by atoms with Crippen molar-refractivity contribution in [2.45, 2.75) is 18.9 Å². The fraction of sp³-hybridized carbons (Fsp3) is 0.143. The number of thiazole rings is 1. The third-order valence-electron chi connectivity index (χ3n) is 6.54. The fourth-order valence-electron chi connectivity index (χ4n) is 4.93. The van der Waals surface area contributed by atoms with Crippen LogP contribution in [0.5, 0.6) is 5.75 Å². The van der Waals surface area contributed by atoms with Gasteiger partial charge >= 0.3 is 0 Å². The summed E-state index contributed by atoms with van der Waals surface area (Å²) in [4.78, 5) is 19.5. The number of fused-ring (bicyclic) bond motifs is 3. The monoisotopic (exact) mass is 546 g/mol. The van der Waals surface area contributed by atoms with Crippen molar-refractivity contribution in [2.75, 3.05) is 7.11 Å². The first kappa shape index (κ1) is 22.2. The highest BCUT2D eigenvalue weighted by Crippen LogP contribution is 2.41. The molecule has 0 N–H and O–H groups in total. The Morgan fingerprint density at radius 3 is 2.71 bits per heavy atom. The zero-order chi connectivity index (χ0) is 24.1. The van der Waals surface area contributed by atoms with Crippen molar-refractivity contribution in [1.29, 1.82) is 0 Å². The molecule has 0 amide bonds. The van der Waals surface area contributed by atoms with E-state index in [1.54, 1.807) is 23.8 Å². The van der Waals surface area contributed by atoms with Gasteiger partial charge in [-0.05, 0) is 65.9 Å². The van der Waals surface area contributed by atoms with Crippen molar-refractivity contribution in [3.8, 4) is 5.75 Å². The Morgan fingerprint density at radius 2 is 1.91 bits per heavy atom. The zero-order valence-corrected chi connectivity index (χ0v) is 21.2. The van der Waals surface area contributed by atoms with Crippen LogP contribution in [0.2, 0.25) is 0 Å². The first-order valence-corrected chi connectivity index (χ1v) is 12.9. The molecular weight excluding hydrogens is 527 g/mol. The maximum Gasteiger partial charge on any atom is 0.271 e. The first-order valence-electron chi connectivity index (χ1n) is 11.3. The molecule has 35 heavy (non-hydrogen) atoms. The van der Waals surface area contributed by atoms with Gasteiger partial charge in [-0.25, -0.2) is 9.38 Å². The van der Waals surface area contributed by atoms with Crippen LogP contribution in [0.3, 0.4) is 0 Å². The Balaban J connectivity index is 1.63. The maximum atomic E-state index is 13.8. The van der Waals surface area contributed by atoms with Crippen molar-refractivity contribution < 1.29 is 9.13 Å². The molecule has 1 unspecified atom stereocenters. The molecule has 0 saturated heterocycles. The summed E-state index contributed by atoms with van der Waals surface area (Å²) in [7, 11) is 1.61. The number of benzene rings is 3. The molecule has 4 aromatic rings. The third-order valence-corrected chi connectivity index (χ3v) is 8.01. The summed E-state index contributed by atoms with van der Waals surface area (Å²) in [5.41, 5.74) is 5.94. The lowest BCUT2D eigenvalue weighted by molar-refractivity contribution is 0.413. The number of methoxy groups -OCH3 is 1. The average molecular weight is 547 g/mol. The minimum Gasteiger partial charge on any atom is -0.496 e. The van der Waals surface area contributed by atoms with E-state index in [0.717, 1.165) is 45.3 Å². The minimum absolute atomic E-state index is 0.115. The van der Waals surface area contributed by atoms with Crippen molar-refractivity contribution >= 4 is 39.0 Å². The van der Waals surface area contributed by atoms with Gasteiger partial charge in [0, 0.05) is 15.6 Å². The summed E-state index contributed by atoms with van der Waals surface area (Å²) in [6.45, 7) is 0. The van der Waals surface area contributed by atoms with Crippen molar-refractivity contribution in [1.82, 2.24) is 4.57 Å². The van der Waals surface area contributed by atoms with Crippen LogP contribution in [0.25, 0.3) is 11.8 Å². The molecule has 1 atom stereocenters. The van der Waals surface area contributed by atoms with Crippen LogP contribution in [0.4, 0.5) is 4.39 Å². The van der Waals surface area contributed by atoms with Crippen molar-refractivity contribution in [2.24, 2.45) is 4.99 Å². The minimum atomic E-state index is -0.332. The van der Waals surface area contributed by atoms with E-state index in [0.29, 0.717) is 15.1 Å². The highest BCUT2D eigenvalue weighted by Gasteiger charge is 2.32. The molecule has 2 aliphatic rings. The Hall–Kier alpha value is -3.29. The third kappa shape index (κ3) is 3.79. The van der Waals surface area contributed by atoms with Crippen LogP contribution < -0.4 is 19.6 Å². The Kier molecular flexibility index (Phi) is 5.54. The van der Waals surface area contributed by atoms with Crippen LogP contribution in [0.1, 0.15) is 34.7 Å². The molecule has 0 spiro atoms. The van der Waals surface area contributed by atoms with Gasteiger partial charge < -0.3 is 4.74 Å². The Morgan fingerprint density at radius 1 is 1.11 bits per heavy atom. The number of hydrogen-bond donors (Lipinski definition) is 0. The number of aryl methyl sites for hydroxylation is 1. The van der Waals surface area contributed by atoms with Gasteiger partial charge in [-0.1, -0.05) is 63.7 Å². The second-order valence-electron chi connectivity index (χ2n) is 8.55. The number of ether oxygens (including phenoxy) is 1. The van der Waals surface area contributed by atoms with Crippen molar-refractivity contribution in [3.63, 3.8) is 0 Å². The molecule has 4 nitrogen and oxygen atoms in total. The second-order valence-corrected chi connectivity index (χ2v) is 10.5. The van der Waals surface area contributed by atoms with E-state index in [-0.39, 0.29) is 17.4 Å². The van der Waals surface area contributed by atoms with E-state index in [9.17, 15) is 9.18 Å². The Labute approximate surface area is 213 Å². The molecule has 7 heteroatoms. The van der Waals surface area contributed by atoms with E-state index in [1.165, 1.54) is 29.0 Å². The van der Waals surface area contributed by atoms with Gasteiger partial charge in [-0.3, -0.25) is 9.36 Å². The van der Waals surface area contributed by atoms with E-state index in [1.807, 2.05) is 36.4 Å². The molecule has 0 bridgehead atoms. The van der Waals surface area contributed by atoms with E-state index in [2.05, 4.69) is 28.1 Å². The summed E-state index contributed by atoms with van der Waals surface area (Å²) in [5, 5.41) is 0. The molecule has 0 radical (unpaired) electrons. The lowest BCUT2D eigenvalue weighted by Gasteiger charge is -2.30. The summed E-state index contributed by atoms with van der Waals surface area (Å²) in [5.74, 6) is 0.383. The number of allylic oxidation sites excluding steroid dienone is 1. The van der Waals surface area contributed by atoms with Gasteiger partial charge in [0.15, 0.2) is 4.80 Å². The van der Waals surface area contributed by atoms with E-state index >= 15 is 0 Å². The smallest absolute Gasteiger partial charge is 0.271 e. The Bertz CT molecular complexity index is 1690. The molecule has 6 rings (SSSR count). The summed E-state index contributed by atoms with van der Waals surface area (Å²) >= 11 is 4.87. The predicted octanol–water partition coefficient (Wildman–Crippen LogP) is 5.23. The molecule has 0 fully saturated rings. The van der Waals surface area contributed by atoms with E-state index < -0.39 is 0 Å². The SMILES string of the molecule is COc1ccc(Br)cc1/C=c1/sc2n(c1=O)C(c1ccc(F)cc1)C1=C(N=2)c2ccccc2CC1. The van der Waals surface area contributed by atoms with Crippen molar-refractivity contribution in [3.05, 3.63) is 125 Å². The highest BCUT2D eigenvalue weighted by atomic mass is 79.9. The molecule has 1 aromatic heterocycles. The standard InChI is InChI=1S/C28H20BrFN2O2S/c1-34-23-13-9-19(29)14-18(23)15-24-27(33)32-26(17-6-10-20(30)11-7-17)22-12-8-16-4-2-3-5-21(16)25(22)31-28(32)35-24/h2-7,9-11,13-15,26H,8,12H2,1H3/b24-15+. The molecule has 3 aromatic carbocycles. The van der Waals surface area contributed by atoms with Gasteiger partial charge in [0.1, 0.15) is 11.6 Å². The van der Waals surface area contributed by atoms with Crippen LogP contribution in [-0.2, 0) is 6.42 Å². The number of aromatic nitrogens is 1. The van der Waals surface area contributed by atoms with Gasteiger partial charge in [-0.2, -0.15) is 0 Å². The van der Waals surface area contributed by atoms with Crippen LogP contribution in [0, 0.1) is 5.82 Å². The molecule has 1 aliphatic carbocycles. The topological polar surface area (TPSA) is 43.6 Å². The van der Waals surface area contributed by atoms with Crippen LogP contribution in [-0.4, -0.2) is 11.7 Å². The summed E-state index contributed by atoms with van der Waals surface area (Å²) in [6, 6.07) is 20.1. The van der Waals surface area contributed by atoms with Crippen LogP contribution in [0.15, 0.2) is 86.6 Å². The normalized spacial score (nSPS) is 16.9. The number of halogens is 2. The van der Waals surface area contributed by atoms with Gasteiger partial charge in [0.25, 0.3) is 5.56 Å². The van der Waals surface area contributed by atoms with E-state index in [4.69, 9.17) is 9.73 Å².